The number of rotatable bonds is 66. The zero-order valence-electron chi connectivity index (χ0n) is 70.6. The molecule has 1 heterocycles. The Morgan fingerprint density at radius 2 is 0.773 bits per heavy atom. The van der Waals surface area contributed by atoms with Crippen molar-refractivity contribution in [1.29, 1.82) is 0 Å². The highest BCUT2D eigenvalue weighted by molar-refractivity contribution is 5.99. The van der Waals surface area contributed by atoms with E-state index < -0.39 is 183 Å². The quantitative estimate of drug-likeness (QED) is 0.0159. The molecule has 41 heteroatoms. The average molecular weight is 1700 g/mol. The van der Waals surface area contributed by atoms with Crippen LogP contribution in [0.4, 0.5) is 0 Å². The van der Waals surface area contributed by atoms with Crippen LogP contribution in [0.5, 0.6) is 0 Å². The van der Waals surface area contributed by atoms with Crippen LogP contribution in [0.3, 0.4) is 0 Å². The van der Waals surface area contributed by atoms with Crippen molar-refractivity contribution in [1.82, 2.24) is 78.1 Å². The van der Waals surface area contributed by atoms with E-state index in [0.29, 0.717) is 78.2 Å². The number of Topliss-reactive ketones (excluding diaryl/α,β-unsaturated/α-hetero) is 1. The molecule has 1 aliphatic heterocycles. The number of hydrogen-bond acceptors (Lipinski definition) is 26. The van der Waals surface area contributed by atoms with Crippen LogP contribution in [0.15, 0.2) is 0 Å². The highest BCUT2D eigenvalue weighted by atomic mass is 17.1. The van der Waals surface area contributed by atoms with Crippen LogP contribution in [-0.4, -0.2) is 318 Å². The highest BCUT2D eigenvalue weighted by Gasteiger charge is 2.36. The smallest absolute Gasteiger partial charge is 0.303 e. The van der Waals surface area contributed by atoms with Crippen LogP contribution in [0.1, 0.15) is 222 Å². The Labute approximate surface area is 697 Å². The predicted molar refractivity (Wildman–Crippen MR) is 431 cm³/mol. The van der Waals surface area contributed by atoms with E-state index in [9.17, 15) is 107 Å². The molecule has 9 atom stereocenters. The Kier molecular flexibility index (Phi) is 58.7. The molecule has 0 spiro atoms. The van der Waals surface area contributed by atoms with E-state index in [1.54, 1.807) is 18.7 Å². The molecule has 680 valence electrons. The minimum Gasteiger partial charge on any atom is -0.481 e. The van der Waals surface area contributed by atoms with Gasteiger partial charge in [-0.3, -0.25) is 102 Å². The molecule has 1 aliphatic rings. The molecule has 1 saturated heterocycles. The minimum atomic E-state index is -1.96. The van der Waals surface area contributed by atoms with Crippen LogP contribution < -0.4 is 58.5 Å². The zero-order valence-corrected chi connectivity index (χ0v) is 70.6. The SMILES string of the molecule is CCCCCCCCCCCCCCCC(=O)N[C@H](C(=O)N[C@@H](C)C(=O)N[C@@H](C)C(=O)N[C@@H](C)C(=O)N[C@@H](CCC(=O)O)C(=O)N[C@@H](CCC(=O)O)C(=O)N[C@@H](CCC(=O)O)C(=O)N[C@@H](CCC(=O)O)C(=O)N[C@@H](CCCCNC(=O)CN1CCN(CO)CCN(CCOO)CCN(COC=O)CC1)C(=O)NCCOCCCC(C)=O)C(C)C. The molecule has 0 radical (unpaired) electrons. The summed E-state index contributed by atoms with van der Waals surface area (Å²) in [7, 11) is 0. The maximum absolute atomic E-state index is 14.3. The second-order valence-corrected chi connectivity index (χ2v) is 30.3. The lowest BCUT2D eigenvalue weighted by molar-refractivity contribution is -0.244. The number of ether oxygens (including phenoxy) is 2. The number of nitrogens with zero attached hydrogens (tertiary/aromatic N) is 4. The molecule has 119 heavy (non-hydrogen) atoms. The first-order chi connectivity index (χ1) is 56.6. The number of aliphatic hydroxyl groups is 1. The zero-order chi connectivity index (χ0) is 89.0. The van der Waals surface area contributed by atoms with E-state index in [0.717, 1.165) is 32.6 Å². The van der Waals surface area contributed by atoms with Gasteiger partial charge in [-0.15, -0.1) is 0 Å². The first-order valence-corrected chi connectivity index (χ1v) is 41.7. The summed E-state index contributed by atoms with van der Waals surface area (Å²) in [5, 5.41) is 85.1. The molecule has 1 fully saturated rings. The Morgan fingerprint density at radius 1 is 0.378 bits per heavy atom. The summed E-state index contributed by atoms with van der Waals surface area (Å²) in [6, 6.07) is -14.2. The van der Waals surface area contributed by atoms with Gasteiger partial charge in [0.25, 0.3) is 6.47 Å². The molecule has 17 N–H and O–H groups in total. The summed E-state index contributed by atoms with van der Waals surface area (Å²) in [4.78, 5) is 234. The maximum atomic E-state index is 14.3. The summed E-state index contributed by atoms with van der Waals surface area (Å²) in [5.41, 5.74) is 0. The molecule has 0 aliphatic carbocycles. The van der Waals surface area contributed by atoms with Gasteiger partial charge >= 0.3 is 23.9 Å². The summed E-state index contributed by atoms with van der Waals surface area (Å²) in [5.74, 6) is -16.5. The molecule has 41 nitrogen and oxygen atoms in total. The van der Waals surface area contributed by atoms with Gasteiger partial charge in [0.05, 0.1) is 26.5 Å². The number of hydrogen-bond donors (Lipinski definition) is 17. The number of carboxylic acids is 4. The molecule has 0 aromatic heterocycles. The van der Waals surface area contributed by atoms with Crippen molar-refractivity contribution in [3.8, 4) is 0 Å². The predicted octanol–water partition coefficient (Wildman–Crippen LogP) is -0.414. The van der Waals surface area contributed by atoms with E-state index in [2.05, 4.69) is 70.3 Å². The third-order valence-corrected chi connectivity index (χ3v) is 19.7. The summed E-state index contributed by atoms with van der Waals surface area (Å²) in [6.07, 6.45) is 9.72. The van der Waals surface area contributed by atoms with E-state index in [1.807, 2.05) is 14.7 Å². The molecule has 0 aromatic carbocycles. The van der Waals surface area contributed by atoms with Crippen LogP contribution in [-0.2, 0) is 95.9 Å². The van der Waals surface area contributed by atoms with Gasteiger partial charge in [0, 0.05) is 117 Å². The molecule has 0 bridgehead atoms. The second kappa shape index (κ2) is 64.8. The Bertz CT molecular complexity index is 3120. The fraction of sp³-hybridized carbons (Fsp3) is 0.782. The number of aliphatic hydroxyl groups excluding tert-OH is 1. The van der Waals surface area contributed by atoms with Crippen LogP contribution >= 0.6 is 0 Å². The molecule has 0 saturated carbocycles. The number of carboxylic acid groups (broad SMARTS) is 4. The fourth-order valence-electron chi connectivity index (χ4n) is 12.5. The molecule has 11 amide bonds. The molecule has 0 aromatic rings. The van der Waals surface area contributed by atoms with Gasteiger partial charge in [-0.05, 0) is 91.4 Å². The third kappa shape index (κ3) is 52.5. The van der Waals surface area contributed by atoms with Gasteiger partial charge in [-0.25, -0.2) is 4.89 Å². The Hall–Kier alpha value is -9.13. The van der Waals surface area contributed by atoms with E-state index in [-0.39, 0.29) is 109 Å². The minimum absolute atomic E-state index is 0.0274. The molecule has 1 rings (SSSR count). The number of unbranched alkanes of at least 4 members (excludes halogenated alkanes) is 13. The van der Waals surface area contributed by atoms with Crippen LogP contribution in [0.25, 0.3) is 0 Å². The average Bonchev–Trinajstić information content (AvgIpc) is 0.855. The number of ketones is 1. The summed E-state index contributed by atoms with van der Waals surface area (Å²) >= 11 is 0. The molecule has 0 unspecified atom stereocenters. The van der Waals surface area contributed by atoms with Gasteiger partial charge < -0.3 is 98.3 Å². The first-order valence-electron chi connectivity index (χ1n) is 41.7. The number of aliphatic carboxylic acids is 4. The van der Waals surface area contributed by atoms with E-state index in [1.165, 1.54) is 72.1 Å². The van der Waals surface area contributed by atoms with Crippen LogP contribution in [0, 0.1) is 5.92 Å². The van der Waals surface area contributed by atoms with E-state index >= 15 is 0 Å². The largest absolute Gasteiger partial charge is 0.481 e. The number of nitrogens with one attached hydrogen (secondary N) is 11. The summed E-state index contributed by atoms with van der Waals surface area (Å²) in [6.45, 7) is 14.6. The maximum Gasteiger partial charge on any atom is 0.303 e. The standard InChI is InChI=1S/C78H137N15O26/c1-8-9-10-11-12-13-14-15-16-17-18-19-20-26-63(97)89-69(53(2)3)78(115)83-56(6)71(108)81-55(5)70(107)82-57(7)72(109)84-59(27-31-65(99)100)74(111)86-61(29-33-67(103)104)76(113)88-62(30-34-68(105)106)77(114)87-60(28-32-66(101)102)75(112)85-58(73(110)80-36-47-117-46-23-24-54(4)96)25-21-22-35-79-64(98)49-91-39-42-92(50-94)41-37-90(45-48-119-116)38-43-93(44-40-91)51-118-52-95/h52-53,55-62,69,94,116H,8-51H2,1-7H3,(H,79,98)(H,80,110)(H,81,108)(H,82,107)(H,83,115)(H,84,109)(H,85,112)(H,86,111)(H,87,114)(H,88,113)(H,89,97)(H,99,100)(H,101,102)(H,103,104)(H,105,106)/t55-,56-,57-,58-,59-,60-,61-,62-,69-/m0/s1. The van der Waals surface area contributed by atoms with Gasteiger partial charge in [-0.1, -0.05) is 97.8 Å². The lowest BCUT2D eigenvalue weighted by Crippen LogP contribution is -2.60. The Morgan fingerprint density at radius 3 is 1.18 bits per heavy atom. The lowest BCUT2D eigenvalue weighted by Gasteiger charge is -2.33. The Balaban J connectivity index is 3.32. The fourth-order valence-corrected chi connectivity index (χ4v) is 12.5. The molecular weight excluding hydrogens is 1560 g/mol. The molecular formula is C78H137N15O26. The van der Waals surface area contributed by atoms with E-state index in [4.69, 9.17) is 14.7 Å². The summed E-state index contributed by atoms with van der Waals surface area (Å²) < 4.78 is 10.6. The van der Waals surface area contributed by atoms with Crippen molar-refractivity contribution in [2.45, 2.75) is 276 Å². The monoisotopic (exact) mass is 1700 g/mol. The third-order valence-electron chi connectivity index (χ3n) is 19.7. The van der Waals surface area contributed by atoms with Crippen molar-refractivity contribution in [3.05, 3.63) is 0 Å². The van der Waals surface area contributed by atoms with Gasteiger partial charge in [0.15, 0.2) is 0 Å². The topological polar surface area (TPSA) is 585 Å². The van der Waals surface area contributed by atoms with Crippen molar-refractivity contribution in [3.63, 3.8) is 0 Å². The van der Waals surface area contributed by atoms with Crippen LogP contribution in [0.2, 0.25) is 0 Å². The number of amides is 11. The van der Waals surface area contributed by atoms with Crippen molar-refractivity contribution in [2.24, 2.45) is 5.92 Å². The van der Waals surface area contributed by atoms with Crippen molar-refractivity contribution < 1.29 is 127 Å². The first kappa shape index (κ1) is 108. The normalized spacial score (nSPS) is 15.4. The number of carbonyl (C=O) groups excluding carboxylic acids is 13. The van der Waals surface area contributed by atoms with Gasteiger partial charge in [0.1, 0.15) is 66.9 Å². The lowest BCUT2D eigenvalue weighted by atomic mass is 10.0. The van der Waals surface area contributed by atoms with Gasteiger partial charge in [-0.2, -0.15) is 0 Å². The second-order valence-electron chi connectivity index (χ2n) is 30.3. The van der Waals surface area contributed by atoms with Crippen molar-refractivity contribution >= 4 is 101 Å². The highest BCUT2D eigenvalue weighted by Crippen LogP contribution is 2.16. The van der Waals surface area contributed by atoms with Crippen molar-refractivity contribution in [2.75, 3.05) is 112 Å². The number of carbonyl (C=O) groups is 17. The van der Waals surface area contributed by atoms with Gasteiger partial charge in [0.2, 0.25) is 65.0 Å².